The van der Waals surface area contributed by atoms with Gasteiger partial charge in [0.1, 0.15) is 0 Å². The van der Waals surface area contributed by atoms with E-state index in [9.17, 15) is 18.0 Å². The molecule has 3 aromatic rings. The Morgan fingerprint density at radius 1 is 1.21 bits per heavy atom. The van der Waals surface area contributed by atoms with Gasteiger partial charge in [-0.2, -0.15) is 13.2 Å². The quantitative estimate of drug-likeness (QED) is 0.697. The third-order valence-corrected chi connectivity index (χ3v) is 5.83. The van der Waals surface area contributed by atoms with Crippen LogP contribution in [0.2, 0.25) is 0 Å². The number of fused-ring (bicyclic) bond motifs is 2. The van der Waals surface area contributed by atoms with Crippen molar-refractivity contribution in [2.75, 3.05) is 24.5 Å². The van der Waals surface area contributed by atoms with Crippen LogP contribution in [0.1, 0.15) is 16.1 Å². The van der Waals surface area contributed by atoms with Crippen LogP contribution in [0.15, 0.2) is 42.5 Å². The molecule has 0 atom stereocenters. The number of amides is 1. The van der Waals surface area contributed by atoms with Crippen molar-refractivity contribution < 1.29 is 18.0 Å². The maximum atomic E-state index is 12.8. The van der Waals surface area contributed by atoms with Gasteiger partial charge in [0.15, 0.2) is 0 Å². The molecule has 8 heteroatoms. The lowest BCUT2D eigenvalue weighted by molar-refractivity contribution is -0.137. The summed E-state index contributed by atoms with van der Waals surface area (Å²) in [6.45, 7) is 1.53. The Balaban J connectivity index is 1.32. The number of anilines is 1. The highest BCUT2D eigenvalue weighted by Gasteiger charge is 2.30. The minimum absolute atomic E-state index is 0.0721. The minimum Gasteiger partial charge on any atom is -0.362 e. The maximum absolute atomic E-state index is 12.8. The monoisotopic (exact) mass is 405 g/mol. The molecule has 4 nitrogen and oxygen atoms in total. The zero-order valence-electron chi connectivity index (χ0n) is 14.9. The van der Waals surface area contributed by atoms with E-state index in [0.717, 1.165) is 30.8 Å². The summed E-state index contributed by atoms with van der Waals surface area (Å²) in [5, 5.41) is 3.58. The molecule has 0 bridgehead atoms. The van der Waals surface area contributed by atoms with Crippen LogP contribution in [0.5, 0.6) is 0 Å². The predicted octanol–water partition coefficient (Wildman–Crippen LogP) is 4.04. The molecule has 0 saturated carbocycles. The van der Waals surface area contributed by atoms with Crippen molar-refractivity contribution in [3.8, 4) is 0 Å². The number of thiazole rings is 1. The van der Waals surface area contributed by atoms with Crippen LogP contribution < -0.4 is 10.2 Å². The van der Waals surface area contributed by atoms with Crippen molar-refractivity contribution in [3.63, 3.8) is 0 Å². The van der Waals surface area contributed by atoms with Crippen LogP contribution in [-0.2, 0) is 23.8 Å². The summed E-state index contributed by atoms with van der Waals surface area (Å²) in [7, 11) is 0. The van der Waals surface area contributed by atoms with Crippen LogP contribution in [0, 0.1) is 0 Å². The fourth-order valence-corrected chi connectivity index (χ4v) is 4.31. The number of benzene rings is 2. The van der Waals surface area contributed by atoms with Crippen LogP contribution >= 0.6 is 11.3 Å². The number of alkyl halides is 3. The highest BCUT2D eigenvalue weighted by Crippen LogP contribution is 2.33. The Bertz CT molecular complexity index is 1020. The van der Waals surface area contributed by atoms with Gasteiger partial charge in [0.25, 0.3) is 0 Å². The van der Waals surface area contributed by atoms with E-state index in [1.54, 1.807) is 0 Å². The number of rotatable bonds is 5. The molecule has 0 fully saturated rings. The van der Waals surface area contributed by atoms with Crippen molar-refractivity contribution in [1.82, 2.24) is 10.3 Å². The molecule has 2 heterocycles. The first-order chi connectivity index (χ1) is 13.4. The van der Waals surface area contributed by atoms with Gasteiger partial charge < -0.3 is 10.2 Å². The fraction of sp³-hybridized carbons (Fsp3) is 0.300. The number of nitrogens with one attached hydrogen (secondary N) is 1. The molecule has 1 aliphatic rings. The molecule has 2 aromatic carbocycles. The second-order valence-corrected chi connectivity index (χ2v) is 7.80. The Morgan fingerprint density at radius 2 is 2.04 bits per heavy atom. The van der Waals surface area contributed by atoms with E-state index in [2.05, 4.69) is 21.3 Å². The molecule has 146 valence electrons. The van der Waals surface area contributed by atoms with Gasteiger partial charge in [-0.15, -0.1) is 11.3 Å². The lowest BCUT2D eigenvalue weighted by atomic mass is 10.2. The zero-order chi connectivity index (χ0) is 19.7. The molecule has 0 spiro atoms. The van der Waals surface area contributed by atoms with Gasteiger partial charge in [0.05, 0.1) is 27.3 Å². The highest BCUT2D eigenvalue weighted by molar-refractivity contribution is 7.18. The minimum atomic E-state index is -4.37. The molecule has 0 unspecified atom stereocenters. The van der Waals surface area contributed by atoms with Gasteiger partial charge in [0.2, 0.25) is 5.91 Å². The van der Waals surface area contributed by atoms with Gasteiger partial charge in [-0.3, -0.25) is 4.79 Å². The molecule has 1 aromatic heterocycles. The molecule has 1 amide bonds. The number of hydrogen-bond donors (Lipinski definition) is 1. The molecule has 0 aliphatic carbocycles. The van der Waals surface area contributed by atoms with Crippen LogP contribution in [0.3, 0.4) is 0 Å². The van der Waals surface area contributed by atoms with Crippen molar-refractivity contribution in [2.24, 2.45) is 0 Å². The second kappa shape index (κ2) is 7.43. The van der Waals surface area contributed by atoms with Gasteiger partial charge in [-0.25, -0.2) is 4.98 Å². The fourth-order valence-electron chi connectivity index (χ4n) is 3.37. The van der Waals surface area contributed by atoms with E-state index in [1.165, 1.54) is 23.0 Å². The SMILES string of the molecule is O=C(CN1CCc2ccccc21)NCCc1nc2cc(C(F)(F)F)ccc2s1. The molecule has 1 N–H and O–H groups in total. The number of carbonyl (C=O) groups is 1. The van der Waals surface area contributed by atoms with Gasteiger partial charge in [-0.05, 0) is 36.2 Å². The van der Waals surface area contributed by atoms with E-state index < -0.39 is 11.7 Å². The highest BCUT2D eigenvalue weighted by atomic mass is 32.1. The van der Waals surface area contributed by atoms with Crippen LogP contribution in [0.4, 0.5) is 18.9 Å². The van der Waals surface area contributed by atoms with E-state index in [4.69, 9.17) is 0 Å². The summed E-state index contributed by atoms with van der Waals surface area (Å²) < 4.78 is 39.1. The lowest BCUT2D eigenvalue weighted by Crippen LogP contribution is -2.37. The van der Waals surface area contributed by atoms with Crippen LogP contribution in [-0.4, -0.2) is 30.5 Å². The summed E-state index contributed by atoms with van der Waals surface area (Å²) in [6, 6.07) is 11.6. The number of hydrogen-bond acceptors (Lipinski definition) is 4. The Labute approximate surface area is 164 Å². The predicted molar refractivity (Wildman–Crippen MR) is 104 cm³/mol. The third-order valence-electron chi connectivity index (χ3n) is 4.74. The topological polar surface area (TPSA) is 45.2 Å². The Kier molecular flexibility index (Phi) is 4.97. The molecule has 0 radical (unpaired) electrons. The summed E-state index contributed by atoms with van der Waals surface area (Å²) in [5.74, 6) is -0.0721. The van der Waals surface area contributed by atoms with Crippen molar-refractivity contribution in [2.45, 2.75) is 19.0 Å². The standard InChI is InChI=1S/C20H18F3N3OS/c21-20(22,23)14-5-6-17-15(11-14)25-19(28-17)7-9-24-18(27)12-26-10-8-13-3-1-2-4-16(13)26/h1-6,11H,7-10,12H2,(H,24,27). The summed E-state index contributed by atoms with van der Waals surface area (Å²) in [5.41, 5.74) is 2.00. The van der Waals surface area contributed by atoms with Crippen molar-refractivity contribution in [3.05, 3.63) is 58.6 Å². The Morgan fingerprint density at radius 3 is 2.86 bits per heavy atom. The van der Waals surface area contributed by atoms with E-state index in [1.807, 2.05) is 18.2 Å². The summed E-state index contributed by atoms with van der Waals surface area (Å²) in [4.78, 5) is 18.6. The summed E-state index contributed by atoms with van der Waals surface area (Å²) in [6.07, 6.45) is -2.95. The zero-order valence-corrected chi connectivity index (χ0v) is 15.7. The number of aromatic nitrogens is 1. The first-order valence-corrected chi connectivity index (χ1v) is 9.78. The first kappa shape index (κ1) is 18.7. The van der Waals surface area contributed by atoms with Crippen molar-refractivity contribution >= 4 is 33.1 Å². The van der Waals surface area contributed by atoms with E-state index in [0.29, 0.717) is 34.7 Å². The number of carbonyl (C=O) groups excluding carboxylic acids is 1. The average Bonchev–Trinajstić information content (AvgIpc) is 3.24. The lowest BCUT2D eigenvalue weighted by Gasteiger charge is -2.18. The van der Waals surface area contributed by atoms with Crippen molar-refractivity contribution in [1.29, 1.82) is 0 Å². The molecule has 1 aliphatic heterocycles. The van der Waals surface area contributed by atoms with Crippen LogP contribution in [0.25, 0.3) is 10.2 Å². The largest absolute Gasteiger partial charge is 0.416 e. The molecular weight excluding hydrogens is 387 g/mol. The third kappa shape index (κ3) is 3.96. The first-order valence-electron chi connectivity index (χ1n) is 8.96. The molecular formula is C20H18F3N3OS. The number of para-hydroxylation sites is 1. The molecule has 28 heavy (non-hydrogen) atoms. The smallest absolute Gasteiger partial charge is 0.362 e. The molecule has 0 saturated heterocycles. The van der Waals surface area contributed by atoms with Gasteiger partial charge >= 0.3 is 6.18 Å². The number of halogens is 3. The van der Waals surface area contributed by atoms with E-state index >= 15 is 0 Å². The number of nitrogens with zero attached hydrogens (tertiary/aromatic N) is 2. The summed E-state index contributed by atoms with van der Waals surface area (Å²) >= 11 is 1.35. The van der Waals surface area contributed by atoms with Gasteiger partial charge in [-0.1, -0.05) is 18.2 Å². The van der Waals surface area contributed by atoms with Gasteiger partial charge in [0, 0.05) is 25.2 Å². The van der Waals surface area contributed by atoms with E-state index in [-0.39, 0.29) is 5.91 Å². The average molecular weight is 405 g/mol. The normalized spacial score (nSPS) is 13.8. The maximum Gasteiger partial charge on any atom is 0.416 e. The molecule has 4 rings (SSSR count). The Hall–Kier alpha value is -2.61. The second-order valence-electron chi connectivity index (χ2n) is 6.69.